The van der Waals surface area contributed by atoms with Crippen LogP contribution in [0, 0.1) is 11.7 Å². The molecule has 3 rings (SSSR count). The Morgan fingerprint density at radius 1 is 1.42 bits per heavy atom. The molecule has 8 heteroatoms. The Hall–Kier alpha value is -1.67. The second-order valence-corrected chi connectivity index (χ2v) is 8.28. The number of halogens is 2. The molecule has 1 atom stereocenters. The van der Waals surface area contributed by atoms with Gasteiger partial charge in [-0.3, -0.25) is 4.79 Å². The Morgan fingerprint density at radius 2 is 2.27 bits per heavy atom. The van der Waals surface area contributed by atoms with Gasteiger partial charge in [0, 0.05) is 23.6 Å². The zero-order valence-corrected chi connectivity index (χ0v) is 16.8. The molecule has 5 nitrogen and oxygen atoms in total. The van der Waals surface area contributed by atoms with E-state index in [-0.39, 0.29) is 17.3 Å². The maximum absolute atomic E-state index is 13.8. The maximum Gasteiger partial charge on any atom is 0.234 e. The van der Waals surface area contributed by atoms with Gasteiger partial charge >= 0.3 is 0 Å². The molecule has 2 heterocycles. The fraction of sp³-hybridized carbons (Fsp3) is 0.389. The second kappa shape index (κ2) is 8.81. The Kier molecular flexibility index (Phi) is 6.48. The molecule has 2 aromatic rings. The number of nitrogens with one attached hydrogen (secondary N) is 1. The number of hydrogen-bond acceptors (Lipinski definition) is 5. The Balaban J connectivity index is 1.57. The van der Waals surface area contributed by atoms with Crippen molar-refractivity contribution in [3.8, 4) is 0 Å². The van der Waals surface area contributed by atoms with Crippen LogP contribution in [0.1, 0.15) is 19.8 Å². The van der Waals surface area contributed by atoms with Gasteiger partial charge in [-0.1, -0.05) is 34.6 Å². The summed E-state index contributed by atoms with van der Waals surface area (Å²) in [7, 11) is 0. The molecule has 1 amide bonds. The molecule has 0 radical (unpaired) electrons. The first kappa shape index (κ1) is 19.1. The van der Waals surface area contributed by atoms with E-state index < -0.39 is 5.82 Å². The molecule has 0 unspecified atom stereocenters. The lowest BCUT2D eigenvalue weighted by atomic mass is 10.0. The number of benzene rings is 1. The lowest BCUT2D eigenvalue weighted by molar-refractivity contribution is -0.113. The summed E-state index contributed by atoms with van der Waals surface area (Å²) in [6.07, 6.45) is 3.94. The number of amides is 1. The lowest BCUT2D eigenvalue weighted by Gasteiger charge is -2.31. The molecule has 1 aliphatic heterocycles. The van der Waals surface area contributed by atoms with Crippen molar-refractivity contribution < 1.29 is 9.18 Å². The maximum atomic E-state index is 13.8. The third-order valence-electron chi connectivity index (χ3n) is 4.16. The van der Waals surface area contributed by atoms with Crippen molar-refractivity contribution in [1.82, 2.24) is 9.97 Å². The fourth-order valence-electron chi connectivity index (χ4n) is 2.90. The third kappa shape index (κ3) is 5.17. The predicted octanol–water partition coefficient (Wildman–Crippen LogP) is 4.35. The van der Waals surface area contributed by atoms with Crippen LogP contribution >= 0.6 is 27.7 Å². The Labute approximate surface area is 164 Å². The van der Waals surface area contributed by atoms with Crippen molar-refractivity contribution in [1.29, 1.82) is 0 Å². The Bertz CT molecular complexity index is 792. The first-order valence-corrected chi connectivity index (χ1v) is 10.2. The molecular formula is C18H20BrFN4OS. The van der Waals surface area contributed by atoms with Crippen LogP contribution in [0.4, 0.5) is 15.9 Å². The minimum atomic E-state index is -0.471. The molecule has 0 bridgehead atoms. The molecular weight excluding hydrogens is 419 g/mol. The molecule has 26 heavy (non-hydrogen) atoms. The normalized spacial score (nSPS) is 17.2. The van der Waals surface area contributed by atoms with E-state index in [9.17, 15) is 9.18 Å². The van der Waals surface area contributed by atoms with Crippen molar-refractivity contribution in [3.05, 3.63) is 40.9 Å². The Morgan fingerprint density at radius 3 is 3.04 bits per heavy atom. The molecule has 1 aromatic heterocycles. The summed E-state index contributed by atoms with van der Waals surface area (Å²) in [4.78, 5) is 22.9. The second-order valence-electron chi connectivity index (χ2n) is 6.37. The van der Waals surface area contributed by atoms with Crippen LogP contribution in [0.5, 0.6) is 0 Å². The molecule has 138 valence electrons. The topological polar surface area (TPSA) is 58.1 Å². The van der Waals surface area contributed by atoms with Crippen LogP contribution in [-0.2, 0) is 4.79 Å². The summed E-state index contributed by atoms with van der Waals surface area (Å²) in [6.45, 7) is 4.23. The first-order chi connectivity index (χ1) is 12.5. The standard InChI is InChI=1S/C18H20BrFN4OS/c1-12-3-2-6-24(9-12)16-8-18(22-11-21-16)26-10-17(25)23-15-5-4-13(19)7-14(15)20/h4-5,7-8,11-12H,2-3,6,9-10H2,1H3,(H,23,25)/t12-/m1/s1. The zero-order chi connectivity index (χ0) is 18.5. The van der Waals surface area contributed by atoms with E-state index >= 15 is 0 Å². The minimum absolute atomic E-state index is 0.155. The van der Waals surface area contributed by atoms with E-state index in [0.717, 1.165) is 30.4 Å². The predicted molar refractivity (Wildman–Crippen MR) is 106 cm³/mol. The van der Waals surface area contributed by atoms with Gasteiger partial charge in [0.05, 0.1) is 11.4 Å². The summed E-state index contributed by atoms with van der Waals surface area (Å²) in [6, 6.07) is 6.44. The first-order valence-electron chi connectivity index (χ1n) is 8.46. The van der Waals surface area contributed by atoms with Gasteiger partial charge in [-0.15, -0.1) is 0 Å². The van der Waals surface area contributed by atoms with Gasteiger partial charge in [0.1, 0.15) is 23.0 Å². The van der Waals surface area contributed by atoms with Gasteiger partial charge in [0.15, 0.2) is 0 Å². The van der Waals surface area contributed by atoms with Gasteiger partial charge in [-0.2, -0.15) is 0 Å². The summed E-state index contributed by atoms with van der Waals surface area (Å²) in [5.41, 5.74) is 0.171. The van der Waals surface area contributed by atoms with E-state index in [0.29, 0.717) is 10.4 Å². The number of carbonyl (C=O) groups excluding carboxylic acids is 1. The monoisotopic (exact) mass is 438 g/mol. The number of aromatic nitrogens is 2. The minimum Gasteiger partial charge on any atom is -0.356 e. The molecule has 1 aromatic carbocycles. The SMILES string of the molecule is C[C@@H]1CCCN(c2cc(SCC(=O)Nc3ccc(Br)cc3F)ncn2)C1. The van der Waals surface area contributed by atoms with Crippen LogP contribution in [0.3, 0.4) is 0 Å². The van der Waals surface area contributed by atoms with Crippen LogP contribution < -0.4 is 10.2 Å². The molecule has 0 saturated carbocycles. The van der Waals surface area contributed by atoms with Crippen molar-refractivity contribution in [2.45, 2.75) is 24.8 Å². The van der Waals surface area contributed by atoms with Gasteiger partial charge in [0.25, 0.3) is 0 Å². The lowest BCUT2D eigenvalue weighted by Crippen LogP contribution is -2.34. The molecule has 0 spiro atoms. The number of anilines is 2. The average Bonchev–Trinajstić information content (AvgIpc) is 2.63. The third-order valence-corrected chi connectivity index (χ3v) is 5.58. The van der Waals surface area contributed by atoms with Crippen molar-refractivity contribution in [2.75, 3.05) is 29.1 Å². The summed E-state index contributed by atoms with van der Waals surface area (Å²) in [5.74, 6) is 0.960. The van der Waals surface area contributed by atoms with E-state index in [2.05, 4.69) is 43.0 Å². The van der Waals surface area contributed by atoms with Crippen molar-refractivity contribution >= 4 is 45.1 Å². The number of carbonyl (C=O) groups is 1. The smallest absolute Gasteiger partial charge is 0.234 e. The number of thioether (sulfide) groups is 1. The molecule has 1 fully saturated rings. The van der Waals surface area contributed by atoms with E-state index in [1.54, 1.807) is 6.07 Å². The van der Waals surface area contributed by atoms with E-state index in [1.165, 1.54) is 36.6 Å². The molecule has 1 aliphatic rings. The highest BCUT2D eigenvalue weighted by Crippen LogP contribution is 2.25. The van der Waals surface area contributed by atoms with Crippen molar-refractivity contribution in [2.24, 2.45) is 5.92 Å². The van der Waals surface area contributed by atoms with E-state index in [1.807, 2.05) is 6.07 Å². The van der Waals surface area contributed by atoms with Crippen molar-refractivity contribution in [3.63, 3.8) is 0 Å². The quantitative estimate of drug-likeness (QED) is 0.555. The number of hydrogen-bond donors (Lipinski definition) is 1. The molecule has 1 saturated heterocycles. The van der Waals surface area contributed by atoms with Gasteiger partial charge in [-0.25, -0.2) is 14.4 Å². The fourth-order valence-corrected chi connectivity index (χ4v) is 3.89. The number of piperidine rings is 1. The van der Waals surface area contributed by atoms with Crippen LogP contribution in [0.25, 0.3) is 0 Å². The van der Waals surface area contributed by atoms with Gasteiger partial charge in [-0.05, 0) is 37.0 Å². The molecule has 0 aliphatic carbocycles. The number of nitrogens with zero attached hydrogens (tertiary/aromatic N) is 3. The van der Waals surface area contributed by atoms with Crippen LogP contribution in [-0.4, -0.2) is 34.7 Å². The average molecular weight is 439 g/mol. The summed E-state index contributed by atoms with van der Waals surface area (Å²) < 4.78 is 14.4. The van der Waals surface area contributed by atoms with Gasteiger partial charge < -0.3 is 10.2 Å². The zero-order valence-electron chi connectivity index (χ0n) is 14.4. The highest BCUT2D eigenvalue weighted by Gasteiger charge is 2.18. The summed E-state index contributed by atoms with van der Waals surface area (Å²) in [5, 5.41) is 3.32. The highest BCUT2D eigenvalue weighted by atomic mass is 79.9. The number of rotatable bonds is 5. The summed E-state index contributed by atoms with van der Waals surface area (Å²) >= 11 is 4.51. The highest BCUT2D eigenvalue weighted by molar-refractivity contribution is 9.10. The van der Waals surface area contributed by atoms with Crippen LogP contribution in [0.15, 0.2) is 40.1 Å². The molecule has 1 N–H and O–H groups in total. The van der Waals surface area contributed by atoms with Crippen LogP contribution in [0.2, 0.25) is 0 Å². The van der Waals surface area contributed by atoms with E-state index in [4.69, 9.17) is 0 Å². The largest absolute Gasteiger partial charge is 0.356 e. The van der Waals surface area contributed by atoms with Gasteiger partial charge in [0.2, 0.25) is 5.91 Å².